The van der Waals surface area contributed by atoms with Crippen LogP contribution in [0.4, 0.5) is 0 Å². The second kappa shape index (κ2) is 12.2. The molecule has 0 saturated carbocycles. The molecule has 0 radical (unpaired) electrons. The summed E-state index contributed by atoms with van der Waals surface area (Å²) >= 11 is 3.83. The van der Waals surface area contributed by atoms with Gasteiger partial charge in [-0.15, -0.1) is 0 Å². The van der Waals surface area contributed by atoms with Crippen LogP contribution in [0.5, 0.6) is 0 Å². The number of carbonyl (C=O) groups excluding carboxylic acids is 4. The van der Waals surface area contributed by atoms with E-state index in [0.717, 1.165) is 0 Å². The molecule has 28 heavy (non-hydrogen) atoms. The third kappa shape index (κ3) is 8.57. The number of carboxylic acids is 1. The van der Waals surface area contributed by atoms with E-state index in [1.54, 1.807) is 6.92 Å². The maximum atomic E-state index is 12.4. The van der Waals surface area contributed by atoms with Crippen LogP contribution in [-0.4, -0.2) is 64.6 Å². The maximum absolute atomic E-state index is 12.4. The van der Waals surface area contributed by atoms with Gasteiger partial charge in [-0.2, -0.15) is 12.6 Å². The first-order chi connectivity index (χ1) is 12.9. The summed E-state index contributed by atoms with van der Waals surface area (Å²) < 4.78 is 0. The van der Waals surface area contributed by atoms with Gasteiger partial charge >= 0.3 is 5.97 Å². The molecule has 0 bridgehead atoms. The first-order valence-corrected chi connectivity index (χ1v) is 9.36. The van der Waals surface area contributed by atoms with E-state index in [9.17, 15) is 24.0 Å². The third-order valence-electron chi connectivity index (χ3n) is 4.15. The van der Waals surface area contributed by atoms with Gasteiger partial charge in [0.1, 0.15) is 18.1 Å². The molecule has 0 aliphatic rings. The molecule has 8 N–H and O–H groups in total. The van der Waals surface area contributed by atoms with Crippen molar-refractivity contribution in [2.24, 2.45) is 17.4 Å². The van der Waals surface area contributed by atoms with Gasteiger partial charge < -0.3 is 32.5 Å². The van der Waals surface area contributed by atoms with Crippen molar-refractivity contribution < 1.29 is 29.1 Å². The zero-order valence-electron chi connectivity index (χ0n) is 16.1. The van der Waals surface area contributed by atoms with Gasteiger partial charge in [0, 0.05) is 5.75 Å². The van der Waals surface area contributed by atoms with Crippen LogP contribution >= 0.6 is 12.6 Å². The average Bonchev–Trinajstić information content (AvgIpc) is 2.62. The number of aliphatic carboxylic acids is 1. The number of nitrogens with one attached hydrogen (secondary N) is 3. The van der Waals surface area contributed by atoms with Gasteiger partial charge in [0.2, 0.25) is 23.6 Å². The molecule has 160 valence electrons. The largest absolute Gasteiger partial charge is 0.480 e. The summed E-state index contributed by atoms with van der Waals surface area (Å²) in [6, 6.07) is -4.58. The molecular formula is C16H29N5O6S. The Balaban J connectivity index is 5.06. The van der Waals surface area contributed by atoms with E-state index >= 15 is 0 Å². The van der Waals surface area contributed by atoms with Gasteiger partial charge in [-0.1, -0.05) is 20.3 Å². The number of nitrogens with two attached hydrogens (primary N) is 2. The van der Waals surface area contributed by atoms with E-state index < -0.39 is 60.2 Å². The highest BCUT2D eigenvalue weighted by Gasteiger charge is 2.30. The Morgan fingerprint density at radius 3 is 1.93 bits per heavy atom. The number of carbonyl (C=O) groups is 5. The molecule has 5 unspecified atom stereocenters. The maximum Gasteiger partial charge on any atom is 0.327 e. The fraction of sp³-hybridized carbons (Fsp3) is 0.688. The summed E-state index contributed by atoms with van der Waals surface area (Å²) in [5, 5.41) is 15.8. The second-order valence-corrected chi connectivity index (χ2v) is 6.82. The average molecular weight is 420 g/mol. The zero-order chi connectivity index (χ0) is 22.0. The van der Waals surface area contributed by atoms with Crippen molar-refractivity contribution in [2.45, 2.75) is 57.8 Å². The highest BCUT2D eigenvalue weighted by Crippen LogP contribution is 2.06. The normalized spacial score (nSPS) is 16.0. The highest BCUT2D eigenvalue weighted by atomic mass is 32.1. The van der Waals surface area contributed by atoms with Crippen LogP contribution in [-0.2, 0) is 24.0 Å². The molecule has 0 aliphatic heterocycles. The predicted molar refractivity (Wildman–Crippen MR) is 104 cm³/mol. The lowest BCUT2D eigenvalue weighted by Crippen LogP contribution is -2.57. The van der Waals surface area contributed by atoms with Crippen LogP contribution in [0.1, 0.15) is 33.6 Å². The Morgan fingerprint density at radius 2 is 1.50 bits per heavy atom. The van der Waals surface area contributed by atoms with Gasteiger partial charge in [0.05, 0.1) is 12.5 Å². The quantitative estimate of drug-likeness (QED) is 0.173. The first-order valence-electron chi connectivity index (χ1n) is 8.73. The van der Waals surface area contributed by atoms with Crippen LogP contribution in [0, 0.1) is 5.92 Å². The van der Waals surface area contributed by atoms with Crippen molar-refractivity contribution >= 4 is 42.2 Å². The Labute approximate surface area is 168 Å². The molecule has 12 heteroatoms. The SMILES string of the molecule is CCC(C)C(N)C(=O)NC(CC(N)=O)C(=O)NC(C)C(=O)NC(CS)C(=O)O. The van der Waals surface area contributed by atoms with E-state index in [-0.39, 0.29) is 11.7 Å². The van der Waals surface area contributed by atoms with E-state index in [2.05, 4.69) is 28.6 Å². The molecular weight excluding hydrogens is 390 g/mol. The Kier molecular flexibility index (Phi) is 11.2. The number of rotatable bonds is 12. The Morgan fingerprint density at radius 1 is 0.964 bits per heavy atom. The van der Waals surface area contributed by atoms with Crippen molar-refractivity contribution in [1.29, 1.82) is 0 Å². The molecule has 0 heterocycles. The fourth-order valence-corrected chi connectivity index (χ4v) is 2.30. The molecule has 4 amide bonds. The van der Waals surface area contributed by atoms with Crippen molar-refractivity contribution in [1.82, 2.24) is 16.0 Å². The Hall–Kier alpha value is -2.34. The minimum atomic E-state index is -1.32. The van der Waals surface area contributed by atoms with Crippen molar-refractivity contribution in [2.75, 3.05) is 5.75 Å². The van der Waals surface area contributed by atoms with Crippen LogP contribution in [0.2, 0.25) is 0 Å². The molecule has 0 aromatic rings. The van der Waals surface area contributed by atoms with Crippen LogP contribution in [0.15, 0.2) is 0 Å². The minimum absolute atomic E-state index is 0.143. The predicted octanol–water partition coefficient (Wildman–Crippen LogP) is -2.28. The van der Waals surface area contributed by atoms with E-state index in [1.807, 2.05) is 6.92 Å². The topological polar surface area (TPSA) is 194 Å². The molecule has 0 rings (SSSR count). The summed E-state index contributed by atoms with van der Waals surface area (Å²) in [5.74, 6) is -4.64. The Bertz CT molecular complexity index is 602. The van der Waals surface area contributed by atoms with Gasteiger partial charge in [-0.3, -0.25) is 19.2 Å². The molecule has 0 aromatic heterocycles. The van der Waals surface area contributed by atoms with Crippen LogP contribution < -0.4 is 27.4 Å². The lowest BCUT2D eigenvalue weighted by molar-refractivity contribution is -0.141. The molecule has 0 aromatic carbocycles. The summed E-state index contributed by atoms with van der Waals surface area (Å²) in [7, 11) is 0. The number of hydrogen-bond donors (Lipinski definition) is 7. The number of primary amides is 1. The highest BCUT2D eigenvalue weighted by molar-refractivity contribution is 7.80. The lowest BCUT2D eigenvalue weighted by Gasteiger charge is -2.24. The zero-order valence-corrected chi connectivity index (χ0v) is 17.0. The van der Waals surface area contributed by atoms with Gasteiger partial charge in [-0.25, -0.2) is 4.79 Å². The van der Waals surface area contributed by atoms with Gasteiger partial charge in [0.15, 0.2) is 0 Å². The smallest absolute Gasteiger partial charge is 0.327 e. The van der Waals surface area contributed by atoms with Crippen LogP contribution in [0.25, 0.3) is 0 Å². The molecule has 0 spiro atoms. The van der Waals surface area contributed by atoms with Crippen molar-refractivity contribution in [3.8, 4) is 0 Å². The van der Waals surface area contributed by atoms with Gasteiger partial charge in [0.25, 0.3) is 0 Å². The number of thiol groups is 1. The summed E-state index contributed by atoms with van der Waals surface area (Å²) in [6.07, 6.45) is 0.141. The number of amides is 4. The number of hydrogen-bond acceptors (Lipinski definition) is 7. The first kappa shape index (κ1) is 25.7. The molecule has 5 atom stereocenters. The minimum Gasteiger partial charge on any atom is -0.480 e. The van der Waals surface area contributed by atoms with Gasteiger partial charge in [-0.05, 0) is 12.8 Å². The molecule has 0 saturated heterocycles. The van der Waals surface area contributed by atoms with Crippen molar-refractivity contribution in [3.63, 3.8) is 0 Å². The summed E-state index contributed by atoms with van der Waals surface area (Å²) in [6.45, 7) is 4.93. The summed E-state index contributed by atoms with van der Waals surface area (Å²) in [5.41, 5.74) is 10.9. The molecule has 0 fully saturated rings. The molecule has 0 aliphatic carbocycles. The molecule has 11 nitrogen and oxygen atoms in total. The van der Waals surface area contributed by atoms with E-state index in [0.29, 0.717) is 6.42 Å². The van der Waals surface area contributed by atoms with E-state index in [1.165, 1.54) is 6.92 Å². The third-order valence-corrected chi connectivity index (χ3v) is 4.51. The number of carboxylic acid groups (broad SMARTS) is 1. The monoisotopic (exact) mass is 419 g/mol. The van der Waals surface area contributed by atoms with Crippen molar-refractivity contribution in [3.05, 3.63) is 0 Å². The fourth-order valence-electron chi connectivity index (χ4n) is 2.05. The standard InChI is InChI=1S/C16H29N5O6S/c1-4-7(2)12(18)15(25)20-9(5-11(17)22)14(24)19-8(3)13(23)21-10(6-28)16(26)27/h7-10,12,28H,4-6,18H2,1-3H3,(H2,17,22)(H,19,24)(H,20,25)(H,21,23)(H,26,27). The van der Waals surface area contributed by atoms with E-state index in [4.69, 9.17) is 16.6 Å². The van der Waals surface area contributed by atoms with Crippen LogP contribution in [0.3, 0.4) is 0 Å². The second-order valence-electron chi connectivity index (χ2n) is 6.46. The summed E-state index contributed by atoms with van der Waals surface area (Å²) in [4.78, 5) is 58.8. The lowest BCUT2D eigenvalue weighted by atomic mass is 9.99.